The fourth-order valence-electron chi connectivity index (χ4n) is 2.61. The zero-order valence-corrected chi connectivity index (χ0v) is 8.86. The quantitative estimate of drug-likeness (QED) is 0.631. The first-order valence-electron chi connectivity index (χ1n) is 5.46. The second kappa shape index (κ2) is 3.76. The van der Waals surface area contributed by atoms with E-state index >= 15 is 0 Å². The third kappa shape index (κ3) is 1.68. The normalized spacial score (nSPS) is 30.6. The van der Waals surface area contributed by atoms with Crippen LogP contribution in [-0.4, -0.2) is 29.0 Å². The van der Waals surface area contributed by atoms with Crippen LogP contribution in [0.4, 0.5) is 0 Å². The van der Waals surface area contributed by atoms with Gasteiger partial charge in [0.15, 0.2) is 0 Å². The summed E-state index contributed by atoms with van der Waals surface area (Å²) in [6.07, 6.45) is 3.66. The topological polar surface area (TPSA) is 54.5 Å². The Morgan fingerprint density at radius 2 is 1.67 bits per heavy atom. The van der Waals surface area contributed by atoms with Gasteiger partial charge in [-0.3, -0.25) is 19.3 Å². The Bertz CT molecular complexity index is 300. The van der Waals surface area contributed by atoms with Crippen molar-refractivity contribution < 1.29 is 14.4 Å². The van der Waals surface area contributed by atoms with Crippen LogP contribution in [0.2, 0.25) is 0 Å². The maximum Gasteiger partial charge on any atom is 0.233 e. The smallest absolute Gasteiger partial charge is 0.233 e. The molecule has 2 aliphatic rings. The molecule has 82 valence electrons. The molecule has 0 spiro atoms. The van der Waals surface area contributed by atoms with Crippen molar-refractivity contribution in [3.63, 3.8) is 0 Å². The first kappa shape index (κ1) is 10.3. The Hall–Kier alpha value is -1.19. The molecule has 2 rings (SSSR count). The number of hydrogen-bond donors (Lipinski definition) is 0. The van der Waals surface area contributed by atoms with Gasteiger partial charge in [-0.25, -0.2) is 0 Å². The number of imide groups is 1. The number of amides is 2. The zero-order valence-electron chi connectivity index (χ0n) is 8.86. The molecule has 0 radical (unpaired) electrons. The van der Waals surface area contributed by atoms with Gasteiger partial charge in [0.2, 0.25) is 11.8 Å². The number of rotatable bonds is 2. The van der Waals surface area contributed by atoms with Crippen LogP contribution in [0.15, 0.2) is 0 Å². The molecule has 2 amide bonds. The van der Waals surface area contributed by atoms with Gasteiger partial charge in [0.05, 0.1) is 18.4 Å². The van der Waals surface area contributed by atoms with Gasteiger partial charge in [-0.05, 0) is 19.8 Å². The Morgan fingerprint density at radius 3 is 2.07 bits per heavy atom. The molecule has 0 N–H and O–H groups in total. The van der Waals surface area contributed by atoms with Crippen molar-refractivity contribution >= 4 is 17.6 Å². The molecule has 1 saturated heterocycles. The number of ketones is 1. The molecule has 0 aromatic heterocycles. The highest BCUT2D eigenvalue weighted by Crippen LogP contribution is 2.37. The molecule has 1 heterocycles. The van der Waals surface area contributed by atoms with Gasteiger partial charge in [0.25, 0.3) is 0 Å². The lowest BCUT2D eigenvalue weighted by molar-refractivity contribution is -0.142. The summed E-state index contributed by atoms with van der Waals surface area (Å²) in [6, 6.07) is 0. The molecule has 0 unspecified atom stereocenters. The summed E-state index contributed by atoms with van der Waals surface area (Å²) in [4.78, 5) is 35.8. The molecule has 4 nitrogen and oxygen atoms in total. The van der Waals surface area contributed by atoms with E-state index in [1.165, 1.54) is 6.92 Å². The maximum absolute atomic E-state index is 11.8. The van der Waals surface area contributed by atoms with E-state index in [9.17, 15) is 14.4 Å². The lowest BCUT2D eigenvalue weighted by Gasteiger charge is -2.19. The fourth-order valence-corrected chi connectivity index (χ4v) is 2.61. The summed E-state index contributed by atoms with van der Waals surface area (Å²) in [5.74, 6) is -0.647. The second-order valence-electron chi connectivity index (χ2n) is 4.46. The van der Waals surface area contributed by atoms with Crippen molar-refractivity contribution in [2.75, 3.05) is 6.54 Å². The van der Waals surface area contributed by atoms with Gasteiger partial charge in [0, 0.05) is 0 Å². The van der Waals surface area contributed by atoms with E-state index in [0.29, 0.717) is 0 Å². The molecule has 1 saturated carbocycles. The van der Waals surface area contributed by atoms with Crippen LogP contribution in [-0.2, 0) is 14.4 Å². The molecule has 1 aliphatic carbocycles. The van der Waals surface area contributed by atoms with Crippen molar-refractivity contribution in [1.82, 2.24) is 4.90 Å². The highest BCUT2D eigenvalue weighted by molar-refractivity contribution is 6.07. The SMILES string of the molecule is CC(=O)CN1C(=O)[C@H]2CCCC[C@H]2C1=O. The van der Waals surface area contributed by atoms with Crippen LogP contribution in [0, 0.1) is 11.8 Å². The minimum absolute atomic E-state index is 0.0370. The predicted octanol–water partition coefficient (Wildman–Crippen LogP) is 0.751. The van der Waals surface area contributed by atoms with E-state index in [1.54, 1.807) is 0 Å². The zero-order chi connectivity index (χ0) is 11.0. The van der Waals surface area contributed by atoms with E-state index in [0.717, 1.165) is 30.6 Å². The third-order valence-electron chi connectivity index (χ3n) is 3.31. The van der Waals surface area contributed by atoms with Crippen molar-refractivity contribution in [3.05, 3.63) is 0 Å². The lowest BCUT2D eigenvalue weighted by Crippen LogP contribution is -2.35. The van der Waals surface area contributed by atoms with E-state index in [-0.39, 0.29) is 36.0 Å². The monoisotopic (exact) mass is 209 g/mol. The first-order valence-corrected chi connectivity index (χ1v) is 5.46. The summed E-state index contributed by atoms with van der Waals surface area (Å²) in [7, 11) is 0. The molecule has 0 bridgehead atoms. The average Bonchev–Trinajstić information content (AvgIpc) is 2.44. The van der Waals surface area contributed by atoms with Crippen molar-refractivity contribution in [2.45, 2.75) is 32.6 Å². The Balaban J connectivity index is 2.17. The second-order valence-corrected chi connectivity index (χ2v) is 4.46. The molecule has 4 heteroatoms. The Morgan fingerprint density at radius 1 is 1.20 bits per heavy atom. The lowest BCUT2D eigenvalue weighted by atomic mass is 9.81. The van der Waals surface area contributed by atoms with Crippen molar-refractivity contribution in [2.24, 2.45) is 11.8 Å². The van der Waals surface area contributed by atoms with Crippen LogP contribution in [0.3, 0.4) is 0 Å². The van der Waals surface area contributed by atoms with E-state index in [4.69, 9.17) is 0 Å². The number of carbonyl (C=O) groups is 3. The van der Waals surface area contributed by atoms with Crippen molar-refractivity contribution in [3.8, 4) is 0 Å². The van der Waals surface area contributed by atoms with Crippen LogP contribution < -0.4 is 0 Å². The average molecular weight is 209 g/mol. The summed E-state index contributed by atoms with van der Waals surface area (Å²) < 4.78 is 0. The Labute approximate surface area is 88.6 Å². The van der Waals surface area contributed by atoms with Gasteiger partial charge < -0.3 is 0 Å². The van der Waals surface area contributed by atoms with Crippen LogP contribution >= 0.6 is 0 Å². The fraction of sp³-hybridized carbons (Fsp3) is 0.727. The summed E-state index contributed by atoms with van der Waals surface area (Å²) in [6.45, 7) is 1.37. The van der Waals surface area contributed by atoms with E-state index in [2.05, 4.69) is 0 Å². The number of Topliss-reactive ketones (excluding diaryl/α,β-unsaturated/α-hetero) is 1. The summed E-state index contributed by atoms with van der Waals surface area (Å²) >= 11 is 0. The van der Waals surface area contributed by atoms with Crippen LogP contribution in [0.25, 0.3) is 0 Å². The van der Waals surface area contributed by atoms with E-state index < -0.39 is 0 Å². The number of nitrogens with zero attached hydrogens (tertiary/aromatic N) is 1. The van der Waals surface area contributed by atoms with E-state index in [1.807, 2.05) is 0 Å². The summed E-state index contributed by atoms with van der Waals surface area (Å²) in [5.41, 5.74) is 0. The van der Waals surface area contributed by atoms with Gasteiger partial charge in [0.1, 0.15) is 5.78 Å². The van der Waals surface area contributed by atoms with Crippen LogP contribution in [0.1, 0.15) is 32.6 Å². The minimum atomic E-state index is -0.134. The van der Waals surface area contributed by atoms with Gasteiger partial charge >= 0.3 is 0 Å². The molecule has 15 heavy (non-hydrogen) atoms. The predicted molar refractivity (Wildman–Crippen MR) is 52.8 cm³/mol. The van der Waals surface area contributed by atoms with Crippen LogP contribution in [0.5, 0.6) is 0 Å². The summed E-state index contributed by atoms with van der Waals surface area (Å²) in [5, 5.41) is 0. The largest absolute Gasteiger partial charge is 0.298 e. The highest BCUT2D eigenvalue weighted by Gasteiger charge is 2.48. The molecule has 2 fully saturated rings. The minimum Gasteiger partial charge on any atom is -0.298 e. The van der Waals surface area contributed by atoms with Gasteiger partial charge in [-0.15, -0.1) is 0 Å². The van der Waals surface area contributed by atoms with Crippen molar-refractivity contribution in [1.29, 1.82) is 0 Å². The molecule has 0 aromatic rings. The van der Waals surface area contributed by atoms with Gasteiger partial charge in [-0.1, -0.05) is 12.8 Å². The number of hydrogen-bond acceptors (Lipinski definition) is 3. The molecular weight excluding hydrogens is 194 g/mol. The Kier molecular flexibility index (Phi) is 2.59. The third-order valence-corrected chi connectivity index (χ3v) is 3.31. The molecular formula is C11H15NO3. The number of likely N-dealkylation sites (tertiary alicyclic amines) is 1. The maximum atomic E-state index is 11.8. The molecule has 2 atom stereocenters. The number of carbonyl (C=O) groups excluding carboxylic acids is 3. The molecule has 1 aliphatic heterocycles. The molecule has 0 aromatic carbocycles. The highest BCUT2D eigenvalue weighted by atomic mass is 16.2. The standard InChI is InChI=1S/C11H15NO3/c1-7(13)6-12-10(14)8-4-2-3-5-9(8)11(12)15/h8-9H,2-6H2,1H3/t8-,9+. The van der Waals surface area contributed by atoms with Gasteiger partial charge in [-0.2, -0.15) is 0 Å². The first-order chi connectivity index (χ1) is 7.11. The number of fused-ring (bicyclic) bond motifs is 1.